The minimum absolute atomic E-state index is 0.762. The van der Waals surface area contributed by atoms with Crippen LogP contribution in [-0.2, 0) is 11.4 Å². The minimum Gasteiger partial charge on any atom is -0.305 e. The van der Waals surface area contributed by atoms with Crippen molar-refractivity contribution in [2.75, 3.05) is 7.11 Å². The van der Waals surface area contributed by atoms with Gasteiger partial charge in [-0.2, -0.15) is 5.48 Å². The Morgan fingerprint density at radius 3 is 2.58 bits per heavy atom. The molecule has 0 fully saturated rings. The van der Waals surface area contributed by atoms with Crippen molar-refractivity contribution >= 4 is 0 Å². The molecule has 0 atom stereocenters. The molecule has 1 rings (SSSR count). The summed E-state index contributed by atoms with van der Waals surface area (Å²) in [5.41, 5.74) is 6.72. The van der Waals surface area contributed by atoms with E-state index in [0.29, 0.717) is 0 Å². The summed E-state index contributed by atoms with van der Waals surface area (Å²) < 4.78 is 0. The fourth-order valence-corrected chi connectivity index (χ4v) is 1.07. The van der Waals surface area contributed by atoms with E-state index in [1.54, 1.807) is 7.11 Å². The Hall–Kier alpha value is -0.860. The van der Waals surface area contributed by atoms with Crippen molar-refractivity contribution in [3.05, 3.63) is 34.9 Å². The molecule has 0 amide bonds. The summed E-state index contributed by atoms with van der Waals surface area (Å²) in [6.07, 6.45) is 0. The lowest BCUT2D eigenvalue weighted by Crippen LogP contribution is -2.10. The van der Waals surface area contributed by atoms with E-state index in [2.05, 4.69) is 37.5 Å². The standard InChI is InChI=1S/C10H15NO/c1-8-4-5-10(6-9(8)2)7-11-12-3/h4-6,11H,7H2,1-3H3. The Morgan fingerprint density at radius 2 is 2.00 bits per heavy atom. The molecule has 1 aromatic carbocycles. The highest BCUT2D eigenvalue weighted by Crippen LogP contribution is 2.09. The molecule has 2 nitrogen and oxygen atoms in total. The Morgan fingerprint density at radius 1 is 1.25 bits per heavy atom. The molecular weight excluding hydrogens is 150 g/mol. The van der Waals surface area contributed by atoms with Crippen LogP contribution in [0.3, 0.4) is 0 Å². The van der Waals surface area contributed by atoms with Crippen molar-refractivity contribution in [3.8, 4) is 0 Å². The molecule has 0 spiro atoms. The molecule has 12 heavy (non-hydrogen) atoms. The normalized spacial score (nSPS) is 10.2. The van der Waals surface area contributed by atoms with Crippen LogP contribution in [0.15, 0.2) is 18.2 Å². The summed E-state index contributed by atoms with van der Waals surface area (Å²) in [5, 5.41) is 0. The van der Waals surface area contributed by atoms with Crippen LogP contribution >= 0.6 is 0 Å². The molecular formula is C10H15NO. The highest BCUT2D eigenvalue weighted by Gasteiger charge is 1.94. The van der Waals surface area contributed by atoms with Crippen LogP contribution in [0.2, 0.25) is 0 Å². The number of hydroxylamine groups is 1. The monoisotopic (exact) mass is 165 g/mol. The SMILES string of the molecule is CONCc1ccc(C)c(C)c1. The molecule has 0 bridgehead atoms. The maximum atomic E-state index is 4.77. The van der Waals surface area contributed by atoms with Gasteiger partial charge in [0.1, 0.15) is 0 Å². The Labute approximate surface area is 73.5 Å². The van der Waals surface area contributed by atoms with Gasteiger partial charge < -0.3 is 4.84 Å². The van der Waals surface area contributed by atoms with E-state index in [9.17, 15) is 0 Å². The van der Waals surface area contributed by atoms with Crippen molar-refractivity contribution in [1.29, 1.82) is 0 Å². The minimum atomic E-state index is 0.762. The lowest BCUT2D eigenvalue weighted by molar-refractivity contribution is 0.0867. The second kappa shape index (κ2) is 4.24. The first-order chi connectivity index (χ1) is 5.74. The molecule has 0 radical (unpaired) electrons. The number of aryl methyl sites for hydroxylation is 2. The van der Waals surface area contributed by atoms with Gasteiger partial charge >= 0.3 is 0 Å². The summed E-state index contributed by atoms with van der Waals surface area (Å²) >= 11 is 0. The van der Waals surface area contributed by atoms with Gasteiger partial charge in [-0.1, -0.05) is 18.2 Å². The summed E-state index contributed by atoms with van der Waals surface area (Å²) in [6.45, 7) is 4.99. The van der Waals surface area contributed by atoms with E-state index in [1.165, 1.54) is 16.7 Å². The lowest BCUT2D eigenvalue weighted by Gasteiger charge is -2.04. The fourth-order valence-electron chi connectivity index (χ4n) is 1.07. The van der Waals surface area contributed by atoms with E-state index < -0.39 is 0 Å². The van der Waals surface area contributed by atoms with Gasteiger partial charge in [0.25, 0.3) is 0 Å². The summed E-state index contributed by atoms with van der Waals surface area (Å²) in [6, 6.07) is 6.40. The molecule has 0 aliphatic carbocycles. The maximum Gasteiger partial charge on any atom is 0.0572 e. The van der Waals surface area contributed by atoms with Crippen LogP contribution in [0.4, 0.5) is 0 Å². The van der Waals surface area contributed by atoms with E-state index >= 15 is 0 Å². The second-order valence-electron chi connectivity index (χ2n) is 2.94. The first-order valence-corrected chi connectivity index (χ1v) is 4.06. The molecule has 2 heteroatoms. The number of benzene rings is 1. The summed E-state index contributed by atoms with van der Waals surface area (Å²) in [5.74, 6) is 0. The van der Waals surface area contributed by atoms with Crippen molar-refractivity contribution in [3.63, 3.8) is 0 Å². The van der Waals surface area contributed by atoms with E-state index in [0.717, 1.165) is 6.54 Å². The first-order valence-electron chi connectivity index (χ1n) is 4.06. The number of nitrogens with one attached hydrogen (secondary N) is 1. The average molecular weight is 165 g/mol. The van der Waals surface area contributed by atoms with E-state index in [-0.39, 0.29) is 0 Å². The quantitative estimate of drug-likeness (QED) is 0.691. The Bertz CT molecular complexity index is 258. The van der Waals surface area contributed by atoms with Crippen molar-refractivity contribution < 1.29 is 4.84 Å². The number of hydrogen-bond donors (Lipinski definition) is 1. The Kier molecular flexibility index (Phi) is 3.26. The van der Waals surface area contributed by atoms with Crippen LogP contribution in [0.5, 0.6) is 0 Å². The molecule has 0 aliphatic rings. The van der Waals surface area contributed by atoms with Crippen LogP contribution in [0.25, 0.3) is 0 Å². The van der Waals surface area contributed by atoms with Gasteiger partial charge in [0.05, 0.1) is 7.11 Å². The van der Waals surface area contributed by atoms with Gasteiger partial charge in [0, 0.05) is 6.54 Å². The highest BCUT2D eigenvalue weighted by atomic mass is 16.6. The van der Waals surface area contributed by atoms with Gasteiger partial charge in [-0.05, 0) is 30.5 Å². The van der Waals surface area contributed by atoms with Gasteiger partial charge in [-0.3, -0.25) is 0 Å². The zero-order valence-electron chi connectivity index (χ0n) is 7.85. The third-order valence-corrected chi connectivity index (χ3v) is 1.99. The molecule has 0 heterocycles. The van der Waals surface area contributed by atoms with Crippen molar-refractivity contribution in [1.82, 2.24) is 5.48 Å². The lowest BCUT2D eigenvalue weighted by atomic mass is 10.1. The smallest absolute Gasteiger partial charge is 0.0572 e. The van der Waals surface area contributed by atoms with Crippen LogP contribution in [-0.4, -0.2) is 7.11 Å². The first kappa shape index (κ1) is 9.23. The molecule has 0 saturated heterocycles. The molecule has 1 N–H and O–H groups in total. The molecule has 0 unspecified atom stereocenters. The molecule has 1 aromatic rings. The van der Waals surface area contributed by atoms with Gasteiger partial charge in [-0.25, -0.2) is 0 Å². The van der Waals surface area contributed by atoms with Gasteiger partial charge in [0.15, 0.2) is 0 Å². The molecule has 0 saturated carbocycles. The maximum absolute atomic E-state index is 4.77. The van der Waals surface area contributed by atoms with Gasteiger partial charge in [-0.15, -0.1) is 0 Å². The average Bonchev–Trinajstić information content (AvgIpc) is 2.07. The van der Waals surface area contributed by atoms with Crippen LogP contribution < -0.4 is 5.48 Å². The topological polar surface area (TPSA) is 21.3 Å². The molecule has 0 aliphatic heterocycles. The number of rotatable bonds is 3. The molecule has 0 aromatic heterocycles. The second-order valence-corrected chi connectivity index (χ2v) is 2.94. The summed E-state index contributed by atoms with van der Waals surface area (Å²) in [7, 11) is 1.63. The van der Waals surface area contributed by atoms with E-state index in [4.69, 9.17) is 4.84 Å². The summed E-state index contributed by atoms with van der Waals surface area (Å²) in [4.78, 5) is 4.77. The molecule has 66 valence electrons. The predicted molar refractivity (Wildman–Crippen MR) is 49.8 cm³/mol. The van der Waals surface area contributed by atoms with Gasteiger partial charge in [0.2, 0.25) is 0 Å². The number of hydrogen-bond acceptors (Lipinski definition) is 2. The third-order valence-electron chi connectivity index (χ3n) is 1.99. The van der Waals surface area contributed by atoms with E-state index in [1.807, 2.05) is 0 Å². The van der Waals surface area contributed by atoms with Crippen molar-refractivity contribution in [2.24, 2.45) is 0 Å². The third kappa shape index (κ3) is 2.32. The zero-order valence-corrected chi connectivity index (χ0v) is 7.85. The van der Waals surface area contributed by atoms with Crippen LogP contribution in [0.1, 0.15) is 16.7 Å². The van der Waals surface area contributed by atoms with Crippen molar-refractivity contribution in [2.45, 2.75) is 20.4 Å². The highest BCUT2D eigenvalue weighted by molar-refractivity contribution is 5.29. The zero-order chi connectivity index (χ0) is 8.97. The fraction of sp³-hybridized carbons (Fsp3) is 0.400. The largest absolute Gasteiger partial charge is 0.305 e. The van der Waals surface area contributed by atoms with Crippen LogP contribution in [0, 0.1) is 13.8 Å². The Balaban J connectivity index is 2.69. The predicted octanol–water partition coefficient (Wildman–Crippen LogP) is 1.95.